The van der Waals surface area contributed by atoms with Crippen molar-refractivity contribution < 1.29 is 18.0 Å². The van der Waals surface area contributed by atoms with Crippen molar-refractivity contribution in [1.29, 1.82) is 0 Å². The zero-order valence-electron chi connectivity index (χ0n) is 8.94. The molecule has 0 spiro atoms. The van der Waals surface area contributed by atoms with Crippen molar-refractivity contribution in [2.24, 2.45) is 0 Å². The summed E-state index contributed by atoms with van der Waals surface area (Å²) < 4.78 is 35.5. The molecule has 0 heterocycles. The lowest BCUT2D eigenvalue weighted by atomic mass is 10.3. The SMILES string of the molecule is O=C(CNc1cccc(Cl)c1Cl)NCC(F)(F)F. The van der Waals surface area contributed by atoms with Crippen molar-refractivity contribution in [3.05, 3.63) is 28.2 Å². The van der Waals surface area contributed by atoms with E-state index in [1.807, 2.05) is 0 Å². The maximum atomic E-state index is 11.8. The zero-order valence-corrected chi connectivity index (χ0v) is 10.5. The van der Waals surface area contributed by atoms with E-state index in [9.17, 15) is 18.0 Å². The summed E-state index contributed by atoms with van der Waals surface area (Å²) in [6.45, 7) is -1.69. The zero-order chi connectivity index (χ0) is 13.8. The molecule has 0 saturated carbocycles. The lowest BCUT2D eigenvalue weighted by Crippen LogP contribution is -2.37. The number of amides is 1. The van der Waals surface area contributed by atoms with Crippen LogP contribution in [0.2, 0.25) is 10.0 Å². The fourth-order valence-corrected chi connectivity index (χ4v) is 1.44. The molecule has 1 aromatic rings. The van der Waals surface area contributed by atoms with Crippen LogP contribution in [-0.4, -0.2) is 25.2 Å². The van der Waals surface area contributed by atoms with E-state index in [0.717, 1.165) is 0 Å². The summed E-state index contributed by atoms with van der Waals surface area (Å²) in [6.07, 6.45) is -4.43. The summed E-state index contributed by atoms with van der Waals surface area (Å²) in [5.74, 6) is -0.789. The fraction of sp³-hybridized carbons (Fsp3) is 0.300. The first-order chi connectivity index (χ1) is 8.29. The van der Waals surface area contributed by atoms with E-state index < -0.39 is 18.6 Å². The standard InChI is InChI=1S/C10H9Cl2F3N2O/c11-6-2-1-3-7(9(6)12)16-4-8(18)17-5-10(13,14)15/h1-3,16H,4-5H2,(H,17,18). The minimum Gasteiger partial charge on any atom is -0.375 e. The third-order valence-electron chi connectivity index (χ3n) is 1.88. The number of anilines is 1. The van der Waals surface area contributed by atoms with Gasteiger partial charge in [0.2, 0.25) is 5.91 Å². The Morgan fingerprint density at radius 2 is 1.94 bits per heavy atom. The minimum atomic E-state index is -4.43. The molecule has 0 bridgehead atoms. The van der Waals surface area contributed by atoms with Crippen molar-refractivity contribution in [1.82, 2.24) is 5.32 Å². The number of carbonyl (C=O) groups excluding carboxylic acids is 1. The van der Waals surface area contributed by atoms with Crippen LogP contribution >= 0.6 is 23.2 Å². The lowest BCUT2D eigenvalue weighted by Gasteiger charge is -2.11. The van der Waals surface area contributed by atoms with E-state index in [1.165, 1.54) is 0 Å². The molecule has 1 amide bonds. The van der Waals surface area contributed by atoms with Crippen LogP contribution in [0.5, 0.6) is 0 Å². The molecule has 1 aromatic carbocycles. The molecule has 0 aromatic heterocycles. The Morgan fingerprint density at radius 3 is 2.56 bits per heavy atom. The maximum absolute atomic E-state index is 11.8. The highest BCUT2D eigenvalue weighted by molar-refractivity contribution is 6.43. The summed E-state index contributed by atoms with van der Waals surface area (Å²) in [6, 6.07) is 4.72. The number of carbonyl (C=O) groups is 1. The first-order valence-corrected chi connectivity index (χ1v) is 5.56. The van der Waals surface area contributed by atoms with Crippen LogP contribution in [0.3, 0.4) is 0 Å². The summed E-state index contributed by atoms with van der Waals surface area (Å²) >= 11 is 11.5. The van der Waals surface area contributed by atoms with Crippen LogP contribution < -0.4 is 10.6 Å². The highest BCUT2D eigenvalue weighted by Crippen LogP contribution is 2.29. The van der Waals surface area contributed by atoms with E-state index in [-0.39, 0.29) is 16.6 Å². The van der Waals surface area contributed by atoms with Gasteiger partial charge in [-0.3, -0.25) is 4.79 Å². The first-order valence-electron chi connectivity index (χ1n) is 4.81. The Balaban J connectivity index is 2.46. The number of hydrogen-bond donors (Lipinski definition) is 2. The average Bonchev–Trinajstić information content (AvgIpc) is 2.27. The molecule has 0 unspecified atom stereocenters. The molecule has 18 heavy (non-hydrogen) atoms. The topological polar surface area (TPSA) is 41.1 Å². The maximum Gasteiger partial charge on any atom is 0.405 e. The van der Waals surface area contributed by atoms with E-state index in [1.54, 1.807) is 23.5 Å². The number of rotatable bonds is 4. The van der Waals surface area contributed by atoms with Crippen molar-refractivity contribution in [3.8, 4) is 0 Å². The van der Waals surface area contributed by atoms with Crippen molar-refractivity contribution in [2.45, 2.75) is 6.18 Å². The van der Waals surface area contributed by atoms with Gasteiger partial charge in [0.1, 0.15) is 6.54 Å². The third-order valence-corrected chi connectivity index (χ3v) is 2.70. The predicted octanol–water partition coefficient (Wildman–Crippen LogP) is 3.08. The molecule has 0 saturated heterocycles. The second-order valence-corrected chi connectivity index (χ2v) is 4.13. The van der Waals surface area contributed by atoms with Gasteiger partial charge >= 0.3 is 6.18 Å². The number of alkyl halides is 3. The Morgan fingerprint density at radius 1 is 1.28 bits per heavy atom. The van der Waals surface area contributed by atoms with Gasteiger partial charge in [0.05, 0.1) is 22.3 Å². The largest absolute Gasteiger partial charge is 0.405 e. The second kappa shape index (κ2) is 6.15. The van der Waals surface area contributed by atoms with Gasteiger partial charge in [-0.25, -0.2) is 0 Å². The third kappa shape index (κ3) is 5.01. The van der Waals surface area contributed by atoms with Crippen LogP contribution in [0.25, 0.3) is 0 Å². The molecule has 0 aliphatic rings. The second-order valence-electron chi connectivity index (χ2n) is 3.35. The Bertz CT molecular complexity index is 438. The lowest BCUT2D eigenvalue weighted by molar-refractivity contribution is -0.137. The quantitative estimate of drug-likeness (QED) is 0.897. The molecule has 0 atom stereocenters. The normalized spacial score (nSPS) is 11.2. The van der Waals surface area contributed by atoms with Gasteiger partial charge in [0.25, 0.3) is 0 Å². The Labute approximate surface area is 111 Å². The van der Waals surface area contributed by atoms with Crippen molar-refractivity contribution in [2.75, 3.05) is 18.4 Å². The van der Waals surface area contributed by atoms with Crippen LogP contribution in [0.1, 0.15) is 0 Å². The van der Waals surface area contributed by atoms with Gasteiger partial charge in [-0.05, 0) is 12.1 Å². The molecule has 0 radical (unpaired) electrons. The Hall–Kier alpha value is -1.14. The molecule has 2 N–H and O–H groups in total. The van der Waals surface area contributed by atoms with Crippen LogP contribution in [0.4, 0.5) is 18.9 Å². The fourth-order valence-electron chi connectivity index (χ4n) is 1.08. The Kier molecular flexibility index (Phi) is 5.10. The molecule has 0 fully saturated rings. The van der Waals surface area contributed by atoms with Gasteiger partial charge in [0.15, 0.2) is 0 Å². The molecule has 0 aliphatic carbocycles. The van der Waals surface area contributed by atoms with Gasteiger partial charge in [-0.1, -0.05) is 29.3 Å². The molecular formula is C10H9Cl2F3N2O. The molecule has 1 rings (SSSR count). The van der Waals surface area contributed by atoms with Gasteiger partial charge in [-0.2, -0.15) is 13.2 Å². The highest BCUT2D eigenvalue weighted by Gasteiger charge is 2.27. The predicted molar refractivity (Wildman–Crippen MR) is 64.0 cm³/mol. The van der Waals surface area contributed by atoms with E-state index in [0.29, 0.717) is 5.69 Å². The molecule has 0 aliphatic heterocycles. The average molecular weight is 301 g/mol. The summed E-state index contributed by atoms with van der Waals surface area (Å²) in [4.78, 5) is 11.1. The van der Waals surface area contributed by atoms with Gasteiger partial charge in [-0.15, -0.1) is 0 Å². The number of hydrogen-bond acceptors (Lipinski definition) is 2. The van der Waals surface area contributed by atoms with Crippen molar-refractivity contribution in [3.63, 3.8) is 0 Å². The summed E-state index contributed by atoms with van der Waals surface area (Å²) in [7, 11) is 0. The number of benzene rings is 1. The number of nitrogens with one attached hydrogen (secondary N) is 2. The molecule has 3 nitrogen and oxygen atoms in total. The smallest absolute Gasteiger partial charge is 0.375 e. The van der Waals surface area contributed by atoms with Crippen molar-refractivity contribution >= 4 is 34.8 Å². The molecular weight excluding hydrogens is 292 g/mol. The van der Waals surface area contributed by atoms with Gasteiger partial charge < -0.3 is 10.6 Å². The van der Waals surface area contributed by atoms with Crippen LogP contribution in [0, 0.1) is 0 Å². The summed E-state index contributed by atoms with van der Waals surface area (Å²) in [5, 5.41) is 4.82. The monoisotopic (exact) mass is 300 g/mol. The number of halogens is 5. The van der Waals surface area contributed by atoms with E-state index in [2.05, 4.69) is 5.32 Å². The van der Waals surface area contributed by atoms with Gasteiger partial charge in [0, 0.05) is 0 Å². The molecule has 8 heteroatoms. The van der Waals surface area contributed by atoms with Crippen LogP contribution in [0.15, 0.2) is 18.2 Å². The first kappa shape index (κ1) is 14.9. The van der Waals surface area contributed by atoms with E-state index in [4.69, 9.17) is 23.2 Å². The highest BCUT2D eigenvalue weighted by atomic mass is 35.5. The van der Waals surface area contributed by atoms with Crippen LogP contribution in [-0.2, 0) is 4.79 Å². The molecule has 100 valence electrons. The summed E-state index contributed by atoms with van der Waals surface area (Å²) in [5.41, 5.74) is 0.381. The minimum absolute atomic E-state index is 0.211. The van der Waals surface area contributed by atoms with E-state index >= 15 is 0 Å².